The van der Waals surface area contributed by atoms with Gasteiger partial charge in [-0.3, -0.25) is 0 Å². The molecule has 1 N–H and O–H groups in total. The maximum absolute atomic E-state index is 4.07. The maximum atomic E-state index is 4.07. The Kier molecular flexibility index (Phi) is 2.18. The molecule has 0 aromatic heterocycles. The van der Waals surface area contributed by atoms with E-state index >= 15 is 0 Å². The molecule has 1 heteroatoms. The first-order chi connectivity index (χ1) is 7.00. The summed E-state index contributed by atoms with van der Waals surface area (Å²) in [6.07, 6.45) is 4.04. The molecule has 15 heavy (non-hydrogen) atoms. The van der Waals surface area contributed by atoms with Crippen molar-refractivity contribution >= 4 is 11.8 Å². The lowest BCUT2D eigenvalue weighted by Gasteiger charge is -2.27. The van der Waals surface area contributed by atoms with Crippen LogP contribution in [0.1, 0.15) is 37.5 Å². The Labute approximate surface area is 91.5 Å². The molecule has 1 aliphatic rings. The molecule has 0 fully saturated rings. The van der Waals surface area contributed by atoms with Crippen molar-refractivity contribution < 1.29 is 0 Å². The quantitative estimate of drug-likeness (QED) is 0.674. The van der Waals surface area contributed by atoms with Gasteiger partial charge in [-0.2, -0.15) is 0 Å². The minimum atomic E-state index is 0.154. The van der Waals surface area contributed by atoms with Crippen molar-refractivity contribution in [3.63, 3.8) is 0 Å². The van der Waals surface area contributed by atoms with Gasteiger partial charge in [0.1, 0.15) is 0 Å². The van der Waals surface area contributed by atoms with Gasteiger partial charge < -0.3 is 5.32 Å². The highest BCUT2D eigenvalue weighted by molar-refractivity contribution is 5.79. The summed E-state index contributed by atoms with van der Waals surface area (Å²) < 4.78 is 0. The van der Waals surface area contributed by atoms with Crippen LogP contribution >= 0.6 is 0 Å². The summed E-state index contributed by atoms with van der Waals surface area (Å²) in [5.41, 5.74) is 5.01. The summed E-state index contributed by atoms with van der Waals surface area (Å²) in [4.78, 5) is 0. The zero-order valence-corrected chi connectivity index (χ0v) is 9.59. The average molecular weight is 199 g/mol. The number of fused-ring (bicyclic) bond motifs is 1. The Morgan fingerprint density at radius 1 is 1.20 bits per heavy atom. The van der Waals surface area contributed by atoms with E-state index in [1.165, 1.54) is 16.7 Å². The van der Waals surface area contributed by atoms with Crippen LogP contribution in [0.15, 0.2) is 31.0 Å². The second kappa shape index (κ2) is 3.27. The first-order valence-corrected chi connectivity index (χ1v) is 5.26. The highest BCUT2D eigenvalue weighted by Gasteiger charge is 2.21. The van der Waals surface area contributed by atoms with E-state index in [1.54, 1.807) is 0 Å². The third-order valence-corrected chi connectivity index (χ3v) is 2.73. The first-order valence-electron chi connectivity index (χ1n) is 5.26. The normalized spacial score (nSPS) is 14.7. The average Bonchev–Trinajstić information content (AvgIpc) is 2.16. The lowest BCUT2D eigenvalue weighted by atomic mass is 9.81. The molecule has 0 aliphatic carbocycles. The number of benzene rings is 1. The van der Waals surface area contributed by atoms with E-state index in [1.807, 2.05) is 6.20 Å². The fraction of sp³-hybridized carbons (Fsp3) is 0.286. The van der Waals surface area contributed by atoms with E-state index < -0.39 is 0 Å². The second-order valence-electron chi connectivity index (χ2n) is 4.98. The molecule has 0 atom stereocenters. The molecule has 78 valence electrons. The van der Waals surface area contributed by atoms with Gasteiger partial charge in [0.25, 0.3) is 0 Å². The first kappa shape index (κ1) is 10.0. The second-order valence-corrected chi connectivity index (χ2v) is 4.98. The smallest absolute Gasteiger partial charge is 0.0389 e. The number of hydrogen-bond donors (Lipinski definition) is 1. The van der Waals surface area contributed by atoms with Crippen LogP contribution < -0.4 is 5.32 Å². The zero-order chi connectivity index (χ0) is 11.1. The van der Waals surface area contributed by atoms with Gasteiger partial charge >= 0.3 is 0 Å². The summed E-state index contributed by atoms with van der Waals surface area (Å²) in [5.74, 6) is 0. The molecule has 0 spiro atoms. The molecule has 1 heterocycles. The van der Waals surface area contributed by atoms with Crippen LogP contribution in [-0.2, 0) is 5.41 Å². The summed E-state index contributed by atoms with van der Waals surface area (Å²) in [7, 11) is 0. The molecule has 0 unspecified atom stereocenters. The molecule has 1 aromatic rings. The highest BCUT2D eigenvalue weighted by Crippen LogP contribution is 2.33. The SMILES string of the molecule is C=C1NC=Cc2cccc(C(C)(C)C)c21. The van der Waals surface area contributed by atoms with Gasteiger partial charge in [-0.05, 0) is 22.6 Å². The van der Waals surface area contributed by atoms with Crippen LogP contribution in [0.25, 0.3) is 11.8 Å². The predicted molar refractivity (Wildman–Crippen MR) is 66.3 cm³/mol. The van der Waals surface area contributed by atoms with Gasteiger partial charge in [0, 0.05) is 17.5 Å². The molecule has 1 nitrogen and oxygen atoms in total. The van der Waals surface area contributed by atoms with E-state index in [9.17, 15) is 0 Å². The predicted octanol–water partition coefficient (Wildman–Crippen LogP) is 3.53. The minimum absolute atomic E-state index is 0.154. The highest BCUT2D eigenvalue weighted by atomic mass is 14.9. The standard InChI is InChI=1S/C14H17N/c1-10-13-11(8-9-15-10)6-5-7-12(13)14(2,3)4/h5-9,15H,1H2,2-4H3. The van der Waals surface area contributed by atoms with E-state index in [-0.39, 0.29) is 5.41 Å². The van der Waals surface area contributed by atoms with Crippen LogP contribution in [0.2, 0.25) is 0 Å². The van der Waals surface area contributed by atoms with Crippen molar-refractivity contribution in [2.75, 3.05) is 0 Å². The molecular formula is C14H17N. The molecule has 0 amide bonds. The minimum Gasteiger partial charge on any atom is -0.362 e. The Balaban J connectivity index is 2.68. The number of nitrogens with one attached hydrogen (secondary N) is 1. The van der Waals surface area contributed by atoms with Crippen molar-refractivity contribution in [1.29, 1.82) is 0 Å². The lowest BCUT2D eigenvalue weighted by Crippen LogP contribution is -2.19. The van der Waals surface area contributed by atoms with Crippen molar-refractivity contribution in [2.24, 2.45) is 0 Å². The zero-order valence-electron chi connectivity index (χ0n) is 9.59. The molecule has 2 rings (SSSR count). The van der Waals surface area contributed by atoms with Crippen LogP contribution in [0.3, 0.4) is 0 Å². The van der Waals surface area contributed by atoms with Crippen molar-refractivity contribution in [3.8, 4) is 0 Å². The Bertz CT molecular complexity index is 433. The molecule has 1 aliphatic heterocycles. The Morgan fingerprint density at radius 2 is 1.93 bits per heavy atom. The Morgan fingerprint density at radius 3 is 2.60 bits per heavy atom. The van der Waals surface area contributed by atoms with E-state index in [0.717, 1.165) is 5.70 Å². The molecule has 0 bridgehead atoms. The molecule has 0 radical (unpaired) electrons. The molecular weight excluding hydrogens is 182 g/mol. The van der Waals surface area contributed by atoms with E-state index in [0.29, 0.717) is 0 Å². The van der Waals surface area contributed by atoms with Crippen LogP contribution in [-0.4, -0.2) is 0 Å². The summed E-state index contributed by atoms with van der Waals surface area (Å²) >= 11 is 0. The molecule has 0 saturated carbocycles. The topological polar surface area (TPSA) is 12.0 Å². The van der Waals surface area contributed by atoms with Crippen molar-refractivity contribution in [2.45, 2.75) is 26.2 Å². The van der Waals surface area contributed by atoms with Crippen LogP contribution in [0.5, 0.6) is 0 Å². The molecule has 1 aromatic carbocycles. The Hall–Kier alpha value is -1.50. The van der Waals surface area contributed by atoms with Crippen molar-refractivity contribution in [3.05, 3.63) is 47.7 Å². The lowest BCUT2D eigenvalue weighted by molar-refractivity contribution is 0.588. The number of hydrogen-bond acceptors (Lipinski definition) is 1. The van der Waals surface area contributed by atoms with Gasteiger partial charge in [-0.25, -0.2) is 0 Å². The van der Waals surface area contributed by atoms with Crippen LogP contribution in [0, 0.1) is 0 Å². The fourth-order valence-electron chi connectivity index (χ4n) is 1.98. The van der Waals surface area contributed by atoms with E-state index in [4.69, 9.17) is 0 Å². The maximum Gasteiger partial charge on any atom is 0.0389 e. The third-order valence-electron chi connectivity index (χ3n) is 2.73. The van der Waals surface area contributed by atoms with Gasteiger partial charge in [0.05, 0.1) is 0 Å². The summed E-state index contributed by atoms with van der Waals surface area (Å²) in [6.45, 7) is 10.8. The van der Waals surface area contributed by atoms with Crippen LogP contribution in [0.4, 0.5) is 0 Å². The largest absolute Gasteiger partial charge is 0.362 e. The summed E-state index contributed by atoms with van der Waals surface area (Å²) in [6, 6.07) is 6.43. The van der Waals surface area contributed by atoms with Gasteiger partial charge in [-0.1, -0.05) is 45.5 Å². The van der Waals surface area contributed by atoms with Crippen molar-refractivity contribution in [1.82, 2.24) is 5.32 Å². The monoisotopic (exact) mass is 199 g/mol. The van der Waals surface area contributed by atoms with Gasteiger partial charge in [-0.15, -0.1) is 0 Å². The third kappa shape index (κ3) is 1.70. The summed E-state index contributed by atoms with van der Waals surface area (Å²) in [5, 5.41) is 3.18. The fourth-order valence-corrected chi connectivity index (χ4v) is 1.98. The van der Waals surface area contributed by atoms with Gasteiger partial charge in [0.15, 0.2) is 0 Å². The number of rotatable bonds is 0. The molecule has 0 saturated heterocycles. The van der Waals surface area contributed by atoms with Gasteiger partial charge in [0.2, 0.25) is 0 Å². The van der Waals surface area contributed by atoms with E-state index in [2.05, 4.69) is 56.9 Å².